The molecule has 1 unspecified atom stereocenters. The van der Waals surface area contributed by atoms with Gasteiger partial charge in [0.05, 0.1) is 0 Å². The summed E-state index contributed by atoms with van der Waals surface area (Å²) in [5.41, 5.74) is 0. The molecule has 0 saturated heterocycles. The van der Waals surface area contributed by atoms with Crippen LogP contribution in [0.4, 0.5) is 4.79 Å². The van der Waals surface area contributed by atoms with Crippen molar-refractivity contribution in [1.29, 1.82) is 0 Å². The molecule has 20 heavy (non-hydrogen) atoms. The molecule has 0 aromatic rings. The average molecular weight is 304 g/mol. The van der Waals surface area contributed by atoms with E-state index in [1.807, 2.05) is 34.0 Å². The first kappa shape index (κ1) is 19.1. The molecule has 0 rings (SSSR count). The summed E-state index contributed by atoms with van der Waals surface area (Å²) >= 11 is 1.58. The molecule has 0 saturated carbocycles. The Balaban J connectivity index is 4.64. The SMILES string of the molecule is CSCCC(NC(=O)N(CC(C)C)CC(C)C)C(=O)O. The van der Waals surface area contributed by atoms with Crippen molar-refractivity contribution in [2.45, 2.75) is 40.2 Å². The van der Waals surface area contributed by atoms with Crippen molar-refractivity contribution in [3.8, 4) is 0 Å². The number of nitrogens with one attached hydrogen (secondary N) is 1. The predicted molar refractivity (Wildman–Crippen MR) is 84.2 cm³/mol. The molecule has 0 aliphatic heterocycles. The van der Waals surface area contributed by atoms with Gasteiger partial charge < -0.3 is 15.3 Å². The monoisotopic (exact) mass is 304 g/mol. The third-order valence-electron chi connectivity index (χ3n) is 2.66. The first-order valence-electron chi connectivity index (χ1n) is 7.05. The summed E-state index contributed by atoms with van der Waals surface area (Å²) in [7, 11) is 0. The zero-order chi connectivity index (χ0) is 15.7. The number of hydrogen-bond donors (Lipinski definition) is 2. The number of aliphatic carboxylic acids is 1. The minimum absolute atomic E-state index is 0.277. The van der Waals surface area contributed by atoms with Gasteiger partial charge in [0, 0.05) is 13.1 Å². The van der Waals surface area contributed by atoms with Crippen LogP contribution in [0, 0.1) is 11.8 Å². The van der Waals surface area contributed by atoms with Gasteiger partial charge in [-0.1, -0.05) is 27.7 Å². The molecular weight excluding hydrogens is 276 g/mol. The minimum atomic E-state index is -0.971. The van der Waals surface area contributed by atoms with E-state index in [0.717, 1.165) is 0 Å². The summed E-state index contributed by atoms with van der Waals surface area (Å²) in [5, 5.41) is 11.8. The number of nitrogens with zero attached hydrogens (tertiary/aromatic N) is 1. The second-order valence-corrected chi connectivity index (χ2v) is 6.80. The number of carbonyl (C=O) groups is 2. The van der Waals surface area contributed by atoms with E-state index in [1.165, 1.54) is 0 Å². The molecule has 0 bridgehead atoms. The van der Waals surface area contributed by atoms with E-state index in [9.17, 15) is 9.59 Å². The lowest BCUT2D eigenvalue weighted by Crippen LogP contribution is -2.50. The summed E-state index contributed by atoms with van der Waals surface area (Å²) in [5.74, 6) is 0.454. The van der Waals surface area contributed by atoms with E-state index in [1.54, 1.807) is 16.7 Å². The third kappa shape index (κ3) is 8.30. The Morgan fingerprint density at radius 3 is 2.00 bits per heavy atom. The molecule has 0 aliphatic rings. The van der Waals surface area contributed by atoms with Crippen LogP contribution in [0.3, 0.4) is 0 Å². The molecule has 6 heteroatoms. The zero-order valence-corrected chi connectivity index (χ0v) is 14.0. The topological polar surface area (TPSA) is 69.6 Å². The van der Waals surface area contributed by atoms with Gasteiger partial charge in [0.1, 0.15) is 6.04 Å². The second kappa shape index (κ2) is 9.91. The maximum absolute atomic E-state index is 12.2. The van der Waals surface area contributed by atoms with Crippen LogP contribution in [-0.2, 0) is 4.79 Å². The molecule has 2 amide bonds. The highest BCUT2D eigenvalue weighted by atomic mass is 32.2. The van der Waals surface area contributed by atoms with Crippen LogP contribution >= 0.6 is 11.8 Å². The lowest BCUT2D eigenvalue weighted by Gasteiger charge is -2.28. The molecular formula is C14H28N2O3S. The van der Waals surface area contributed by atoms with Crippen molar-refractivity contribution >= 4 is 23.8 Å². The molecule has 0 radical (unpaired) electrons. The van der Waals surface area contributed by atoms with Crippen molar-refractivity contribution in [3.05, 3.63) is 0 Å². The van der Waals surface area contributed by atoms with Crippen LogP contribution < -0.4 is 5.32 Å². The van der Waals surface area contributed by atoms with E-state index in [0.29, 0.717) is 37.1 Å². The number of carbonyl (C=O) groups excluding carboxylic acids is 1. The summed E-state index contributed by atoms with van der Waals surface area (Å²) in [4.78, 5) is 25.1. The number of carboxylic acids is 1. The first-order chi connectivity index (χ1) is 9.27. The van der Waals surface area contributed by atoms with Crippen molar-refractivity contribution in [2.75, 3.05) is 25.1 Å². The van der Waals surface area contributed by atoms with Gasteiger partial charge in [0.2, 0.25) is 0 Å². The molecule has 0 aromatic heterocycles. The Morgan fingerprint density at radius 2 is 1.65 bits per heavy atom. The van der Waals surface area contributed by atoms with Crippen molar-refractivity contribution in [2.24, 2.45) is 11.8 Å². The largest absolute Gasteiger partial charge is 0.480 e. The van der Waals surface area contributed by atoms with E-state index < -0.39 is 12.0 Å². The standard InChI is InChI=1S/C14H28N2O3S/c1-10(2)8-16(9-11(3)4)14(19)15-12(13(17)18)6-7-20-5/h10-12H,6-9H2,1-5H3,(H,15,19)(H,17,18). The number of amides is 2. The Morgan fingerprint density at radius 1 is 1.15 bits per heavy atom. The Kier molecular flexibility index (Phi) is 9.46. The molecule has 5 nitrogen and oxygen atoms in total. The fourth-order valence-electron chi connectivity index (χ4n) is 1.86. The van der Waals surface area contributed by atoms with Crippen LogP contribution in [-0.4, -0.2) is 53.1 Å². The quantitative estimate of drug-likeness (QED) is 0.687. The van der Waals surface area contributed by atoms with E-state index in [-0.39, 0.29) is 6.03 Å². The van der Waals surface area contributed by atoms with Gasteiger partial charge in [0.25, 0.3) is 0 Å². The van der Waals surface area contributed by atoms with E-state index in [2.05, 4.69) is 5.32 Å². The molecule has 1 atom stereocenters. The lowest BCUT2D eigenvalue weighted by atomic mass is 10.1. The first-order valence-corrected chi connectivity index (χ1v) is 8.44. The molecule has 0 aliphatic carbocycles. The maximum Gasteiger partial charge on any atom is 0.326 e. The van der Waals surface area contributed by atoms with Crippen molar-refractivity contribution < 1.29 is 14.7 Å². The summed E-state index contributed by atoms with van der Waals surface area (Å²) in [6, 6.07) is -1.09. The van der Waals surface area contributed by atoms with Crippen LogP contribution in [0.2, 0.25) is 0 Å². The van der Waals surface area contributed by atoms with Gasteiger partial charge in [-0.05, 0) is 30.3 Å². The van der Waals surface area contributed by atoms with Gasteiger partial charge in [-0.2, -0.15) is 11.8 Å². The van der Waals surface area contributed by atoms with Gasteiger partial charge in [0.15, 0.2) is 0 Å². The summed E-state index contributed by atoms with van der Waals surface area (Å²) < 4.78 is 0. The Labute approximate surface area is 126 Å². The van der Waals surface area contributed by atoms with Gasteiger partial charge >= 0.3 is 12.0 Å². The van der Waals surface area contributed by atoms with Crippen molar-refractivity contribution in [1.82, 2.24) is 10.2 Å². The van der Waals surface area contributed by atoms with Gasteiger partial charge in [-0.25, -0.2) is 9.59 Å². The Hall–Kier alpha value is -0.910. The fraction of sp³-hybridized carbons (Fsp3) is 0.857. The van der Waals surface area contributed by atoms with E-state index >= 15 is 0 Å². The van der Waals surface area contributed by atoms with Gasteiger partial charge in [-0.15, -0.1) is 0 Å². The summed E-state index contributed by atoms with van der Waals surface area (Å²) in [6.07, 6.45) is 2.37. The lowest BCUT2D eigenvalue weighted by molar-refractivity contribution is -0.139. The zero-order valence-electron chi connectivity index (χ0n) is 13.2. The van der Waals surface area contributed by atoms with E-state index in [4.69, 9.17) is 5.11 Å². The maximum atomic E-state index is 12.2. The number of thioether (sulfide) groups is 1. The number of hydrogen-bond acceptors (Lipinski definition) is 3. The van der Waals surface area contributed by atoms with Crippen LogP contribution in [0.15, 0.2) is 0 Å². The van der Waals surface area contributed by atoms with Crippen molar-refractivity contribution in [3.63, 3.8) is 0 Å². The predicted octanol–water partition coefficient (Wildman–Crippen LogP) is 2.52. The smallest absolute Gasteiger partial charge is 0.326 e. The summed E-state index contributed by atoms with van der Waals surface area (Å²) in [6.45, 7) is 9.45. The highest BCUT2D eigenvalue weighted by Gasteiger charge is 2.23. The van der Waals surface area contributed by atoms with Crippen LogP contribution in [0.5, 0.6) is 0 Å². The Bertz CT molecular complexity index is 299. The molecule has 0 aromatic carbocycles. The molecule has 0 fully saturated rings. The normalized spacial score (nSPS) is 12.6. The number of urea groups is 1. The number of carboxylic acid groups (broad SMARTS) is 1. The van der Waals surface area contributed by atoms with Crippen LogP contribution in [0.25, 0.3) is 0 Å². The molecule has 0 spiro atoms. The number of rotatable bonds is 9. The van der Waals surface area contributed by atoms with Gasteiger partial charge in [-0.3, -0.25) is 0 Å². The molecule has 2 N–H and O–H groups in total. The minimum Gasteiger partial charge on any atom is -0.480 e. The molecule has 118 valence electrons. The van der Waals surface area contributed by atoms with Crippen LogP contribution in [0.1, 0.15) is 34.1 Å². The highest BCUT2D eigenvalue weighted by molar-refractivity contribution is 7.98. The highest BCUT2D eigenvalue weighted by Crippen LogP contribution is 2.06. The second-order valence-electron chi connectivity index (χ2n) is 5.81. The third-order valence-corrected chi connectivity index (χ3v) is 3.31. The fourth-order valence-corrected chi connectivity index (χ4v) is 2.33. The average Bonchev–Trinajstić information content (AvgIpc) is 2.31. The molecule has 0 heterocycles.